The van der Waals surface area contributed by atoms with Gasteiger partial charge in [0, 0.05) is 11.8 Å². The third-order valence-corrected chi connectivity index (χ3v) is 5.05. The van der Waals surface area contributed by atoms with Gasteiger partial charge in [-0.3, -0.25) is 9.59 Å². The molecule has 0 saturated heterocycles. The van der Waals surface area contributed by atoms with Gasteiger partial charge in [0.25, 0.3) is 0 Å². The van der Waals surface area contributed by atoms with Gasteiger partial charge in [-0.1, -0.05) is 35.9 Å². The van der Waals surface area contributed by atoms with Crippen LogP contribution < -0.4 is 15.4 Å². The molecule has 0 aliphatic carbocycles. The number of hydrogen-bond acceptors (Lipinski definition) is 4. The zero-order valence-corrected chi connectivity index (χ0v) is 16.6. The lowest BCUT2D eigenvalue weighted by Crippen LogP contribution is -2.29. The SMILES string of the molecule is CC(=O)N[C@H](CC(=O)Nc1ccccc1Oc1ccc(C)cc1)c1cccs1. The van der Waals surface area contributed by atoms with Crippen LogP contribution in [0.3, 0.4) is 0 Å². The van der Waals surface area contributed by atoms with Gasteiger partial charge in [0.2, 0.25) is 11.8 Å². The molecular formula is C22H22N2O3S. The predicted molar refractivity (Wildman–Crippen MR) is 112 cm³/mol. The van der Waals surface area contributed by atoms with E-state index >= 15 is 0 Å². The highest BCUT2D eigenvalue weighted by atomic mass is 32.1. The van der Waals surface area contributed by atoms with E-state index in [-0.39, 0.29) is 24.3 Å². The fourth-order valence-corrected chi connectivity index (χ4v) is 3.51. The molecule has 3 aromatic rings. The summed E-state index contributed by atoms with van der Waals surface area (Å²) in [4.78, 5) is 25.1. The Balaban J connectivity index is 1.71. The molecule has 1 heterocycles. The second-order valence-electron chi connectivity index (χ2n) is 6.43. The monoisotopic (exact) mass is 394 g/mol. The summed E-state index contributed by atoms with van der Waals surface area (Å²) in [5.74, 6) is 0.885. The normalized spacial score (nSPS) is 11.5. The maximum absolute atomic E-state index is 12.6. The molecule has 0 aliphatic rings. The Morgan fingerprint density at radius 2 is 1.79 bits per heavy atom. The van der Waals surface area contributed by atoms with Crippen molar-refractivity contribution in [1.29, 1.82) is 0 Å². The highest BCUT2D eigenvalue weighted by Crippen LogP contribution is 2.30. The average Bonchev–Trinajstić information content (AvgIpc) is 3.19. The Hall–Kier alpha value is -3.12. The largest absolute Gasteiger partial charge is 0.455 e. The third-order valence-electron chi connectivity index (χ3n) is 4.06. The van der Waals surface area contributed by atoms with Crippen LogP contribution in [0.1, 0.15) is 29.8 Å². The van der Waals surface area contributed by atoms with Crippen molar-refractivity contribution >= 4 is 28.8 Å². The van der Waals surface area contributed by atoms with Crippen molar-refractivity contribution in [2.75, 3.05) is 5.32 Å². The first-order valence-electron chi connectivity index (χ1n) is 8.95. The molecule has 3 rings (SSSR count). The molecule has 1 aromatic heterocycles. The molecule has 144 valence electrons. The average molecular weight is 394 g/mol. The summed E-state index contributed by atoms with van der Waals surface area (Å²) in [5, 5.41) is 7.66. The van der Waals surface area contributed by atoms with Crippen LogP contribution in [0.5, 0.6) is 11.5 Å². The van der Waals surface area contributed by atoms with Crippen molar-refractivity contribution in [1.82, 2.24) is 5.32 Å². The minimum Gasteiger partial charge on any atom is -0.455 e. The quantitative estimate of drug-likeness (QED) is 0.589. The molecule has 0 unspecified atom stereocenters. The second-order valence-corrected chi connectivity index (χ2v) is 7.41. The summed E-state index contributed by atoms with van der Waals surface area (Å²) >= 11 is 1.51. The molecule has 5 nitrogen and oxygen atoms in total. The zero-order valence-electron chi connectivity index (χ0n) is 15.8. The lowest BCUT2D eigenvalue weighted by Gasteiger charge is -2.17. The van der Waals surface area contributed by atoms with Crippen LogP contribution in [-0.2, 0) is 9.59 Å². The first-order valence-corrected chi connectivity index (χ1v) is 9.83. The van der Waals surface area contributed by atoms with Crippen molar-refractivity contribution in [3.05, 3.63) is 76.5 Å². The molecule has 2 aromatic carbocycles. The van der Waals surface area contributed by atoms with Crippen molar-refractivity contribution in [2.24, 2.45) is 0 Å². The fraction of sp³-hybridized carbons (Fsp3) is 0.182. The predicted octanol–water partition coefficient (Wildman–Crippen LogP) is 5.05. The van der Waals surface area contributed by atoms with E-state index in [0.29, 0.717) is 17.2 Å². The molecule has 2 amide bonds. The minimum absolute atomic E-state index is 0.138. The van der Waals surface area contributed by atoms with E-state index in [1.54, 1.807) is 12.1 Å². The summed E-state index contributed by atoms with van der Waals surface area (Å²) in [7, 11) is 0. The van der Waals surface area contributed by atoms with Crippen LogP contribution in [-0.4, -0.2) is 11.8 Å². The van der Waals surface area contributed by atoms with Crippen LogP contribution in [0, 0.1) is 6.92 Å². The number of rotatable bonds is 7. The Kier molecular flexibility index (Phi) is 6.45. The van der Waals surface area contributed by atoms with E-state index < -0.39 is 0 Å². The standard InChI is InChI=1S/C22H22N2O3S/c1-15-9-11-17(12-10-15)27-20-7-4-3-6-18(20)24-22(26)14-19(23-16(2)25)21-8-5-13-28-21/h3-13,19H,14H2,1-2H3,(H,23,25)(H,24,26)/t19-/m1/s1. The van der Waals surface area contributed by atoms with Crippen LogP contribution in [0.25, 0.3) is 0 Å². The molecule has 28 heavy (non-hydrogen) atoms. The summed E-state index contributed by atoms with van der Waals surface area (Å²) < 4.78 is 5.92. The highest BCUT2D eigenvalue weighted by Gasteiger charge is 2.19. The summed E-state index contributed by atoms with van der Waals surface area (Å²) in [5.41, 5.74) is 1.73. The number of carbonyl (C=O) groups is 2. The minimum atomic E-state index is -0.359. The lowest BCUT2D eigenvalue weighted by atomic mass is 10.1. The van der Waals surface area contributed by atoms with E-state index in [2.05, 4.69) is 10.6 Å². The maximum Gasteiger partial charge on any atom is 0.226 e. The van der Waals surface area contributed by atoms with E-state index in [1.165, 1.54) is 18.3 Å². The zero-order chi connectivity index (χ0) is 19.9. The van der Waals surface area contributed by atoms with Crippen molar-refractivity contribution in [3.8, 4) is 11.5 Å². The molecule has 6 heteroatoms. The number of carbonyl (C=O) groups excluding carboxylic acids is 2. The van der Waals surface area contributed by atoms with E-state index in [0.717, 1.165) is 10.4 Å². The fourth-order valence-electron chi connectivity index (χ4n) is 2.74. The van der Waals surface area contributed by atoms with Gasteiger partial charge in [-0.05, 0) is 42.6 Å². The molecule has 0 bridgehead atoms. The van der Waals surface area contributed by atoms with Gasteiger partial charge in [0.1, 0.15) is 5.75 Å². The van der Waals surface area contributed by atoms with Gasteiger partial charge in [-0.15, -0.1) is 11.3 Å². The molecule has 2 N–H and O–H groups in total. The summed E-state index contributed by atoms with van der Waals surface area (Å²) in [6.07, 6.45) is 0.138. The van der Waals surface area contributed by atoms with Crippen molar-refractivity contribution in [2.45, 2.75) is 26.3 Å². The molecule has 1 atom stereocenters. The van der Waals surface area contributed by atoms with Gasteiger partial charge in [0.15, 0.2) is 5.75 Å². The number of amides is 2. The van der Waals surface area contributed by atoms with Gasteiger partial charge >= 0.3 is 0 Å². The Bertz CT molecular complexity index is 937. The Morgan fingerprint density at radius 3 is 2.46 bits per heavy atom. The molecule has 0 spiro atoms. The topological polar surface area (TPSA) is 67.4 Å². The first-order chi connectivity index (χ1) is 13.5. The lowest BCUT2D eigenvalue weighted by molar-refractivity contribution is -0.120. The Morgan fingerprint density at radius 1 is 1.04 bits per heavy atom. The number of benzene rings is 2. The smallest absolute Gasteiger partial charge is 0.226 e. The van der Waals surface area contributed by atoms with Gasteiger partial charge in [0.05, 0.1) is 18.2 Å². The van der Waals surface area contributed by atoms with E-state index in [1.807, 2.05) is 60.8 Å². The van der Waals surface area contributed by atoms with Crippen LogP contribution >= 0.6 is 11.3 Å². The van der Waals surface area contributed by atoms with Gasteiger partial charge < -0.3 is 15.4 Å². The second kappa shape index (κ2) is 9.19. The molecule has 0 aliphatic heterocycles. The number of thiophene rings is 1. The first kappa shape index (κ1) is 19.6. The van der Waals surface area contributed by atoms with Gasteiger partial charge in [-0.25, -0.2) is 0 Å². The van der Waals surface area contributed by atoms with Crippen LogP contribution in [0.4, 0.5) is 5.69 Å². The van der Waals surface area contributed by atoms with Gasteiger partial charge in [-0.2, -0.15) is 0 Å². The number of nitrogens with one attached hydrogen (secondary N) is 2. The molecule has 0 saturated carbocycles. The Labute approximate surface area is 168 Å². The van der Waals surface area contributed by atoms with Crippen LogP contribution in [0.15, 0.2) is 66.0 Å². The molecular weight excluding hydrogens is 372 g/mol. The number of aryl methyl sites for hydroxylation is 1. The number of ether oxygens (including phenoxy) is 1. The molecule has 0 fully saturated rings. The van der Waals surface area contributed by atoms with E-state index in [4.69, 9.17) is 4.74 Å². The number of hydrogen-bond donors (Lipinski definition) is 2. The van der Waals surface area contributed by atoms with E-state index in [9.17, 15) is 9.59 Å². The third kappa shape index (κ3) is 5.44. The molecule has 0 radical (unpaired) electrons. The number of anilines is 1. The summed E-state index contributed by atoms with van der Waals surface area (Å²) in [6.45, 7) is 3.46. The van der Waals surface area contributed by atoms with Crippen LogP contribution in [0.2, 0.25) is 0 Å². The summed E-state index contributed by atoms with van der Waals surface area (Å²) in [6, 6.07) is 18.4. The highest BCUT2D eigenvalue weighted by molar-refractivity contribution is 7.10. The van der Waals surface area contributed by atoms with Crippen molar-refractivity contribution in [3.63, 3.8) is 0 Å². The number of para-hydroxylation sites is 2. The van der Waals surface area contributed by atoms with Crippen molar-refractivity contribution < 1.29 is 14.3 Å². The maximum atomic E-state index is 12.6.